The van der Waals surface area contributed by atoms with Gasteiger partial charge in [0.15, 0.2) is 18.1 Å². The molecule has 0 aromatic heterocycles. The second-order valence-corrected chi connectivity index (χ2v) is 6.39. The average Bonchev–Trinajstić information content (AvgIpc) is 2.76. The predicted molar refractivity (Wildman–Crippen MR) is 106 cm³/mol. The van der Waals surface area contributed by atoms with Gasteiger partial charge in [0.25, 0.3) is 5.91 Å². The zero-order valence-electron chi connectivity index (χ0n) is 16.7. The molecule has 154 valence electrons. The van der Waals surface area contributed by atoms with E-state index >= 15 is 0 Å². The molecule has 0 saturated heterocycles. The predicted octanol–water partition coefficient (Wildman–Crippen LogP) is 3.06. The van der Waals surface area contributed by atoms with Gasteiger partial charge >= 0.3 is 5.97 Å². The fraction of sp³-hybridized carbons (Fsp3) is 0.364. The Morgan fingerprint density at radius 1 is 1.03 bits per heavy atom. The second kappa shape index (κ2) is 9.82. The lowest BCUT2D eigenvalue weighted by atomic mass is 10.1. The zero-order valence-corrected chi connectivity index (χ0v) is 16.7. The number of fused-ring (bicyclic) bond motifs is 1. The smallest absolute Gasteiger partial charge is 0.342 e. The van der Waals surface area contributed by atoms with Crippen LogP contribution in [0.15, 0.2) is 42.5 Å². The third-order valence-corrected chi connectivity index (χ3v) is 4.45. The van der Waals surface area contributed by atoms with Gasteiger partial charge in [-0.3, -0.25) is 4.79 Å². The van der Waals surface area contributed by atoms with Gasteiger partial charge in [0.1, 0.15) is 24.5 Å². The van der Waals surface area contributed by atoms with Gasteiger partial charge in [-0.2, -0.15) is 0 Å². The van der Waals surface area contributed by atoms with Gasteiger partial charge in [-0.15, -0.1) is 0 Å². The topological polar surface area (TPSA) is 74.3 Å². The summed E-state index contributed by atoms with van der Waals surface area (Å²) in [5.74, 6) is 0.964. The molecule has 7 heteroatoms. The van der Waals surface area contributed by atoms with E-state index in [-0.39, 0.29) is 12.5 Å². The fourth-order valence-corrected chi connectivity index (χ4v) is 3.00. The minimum absolute atomic E-state index is 0.273. The quantitative estimate of drug-likeness (QED) is 0.635. The van der Waals surface area contributed by atoms with Crippen molar-refractivity contribution in [2.75, 3.05) is 33.0 Å². The average molecular weight is 399 g/mol. The molecular weight excluding hydrogens is 374 g/mol. The molecule has 0 fully saturated rings. The van der Waals surface area contributed by atoms with E-state index in [1.807, 2.05) is 32.0 Å². The molecule has 0 aliphatic carbocycles. The van der Waals surface area contributed by atoms with Crippen LogP contribution in [0.1, 0.15) is 29.8 Å². The second-order valence-electron chi connectivity index (χ2n) is 6.39. The van der Waals surface area contributed by atoms with Crippen molar-refractivity contribution in [1.29, 1.82) is 0 Å². The lowest BCUT2D eigenvalue weighted by Crippen LogP contribution is -2.34. The van der Waals surface area contributed by atoms with Gasteiger partial charge in [0, 0.05) is 13.1 Å². The SMILES string of the molecule is CCOc1ccccc1C(=O)OCC(=O)N(CC)Cc1ccc2c(c1)OCCO2. The van der Waals surface area contributed by atoms with Crippen LogP contribution < -0.4 is 14.2 Å². The highest BCUT2D eigenvalue weighted by molar-refractivity contribution is 5.94. The van der Waals surface area contributed by atoms with E-state index in [0.29, 0.717) is 55.7 Å². The van der Waals surface area contributed by atoms with E-state index in [0.717, 1.165) is 5.56 Å². The van der Waals surface area contributed by atoms with Gasteiger partial charge in [-0.05, 0) is 43.7 Å². The highest BCUT2D eigenvalue weighted by Gasteiger charge is 2.19. The van der Waals surface area contributed by atoms with Gasteiger partial charge in [0.05, 0.1) is 6.61 Å². The number of carbonyl (C=O) groups is 2. The van der Waals surface area contributed by atoms with Gasteiger partial charge < -0.3 is 23.8 Å². The Morgan fingerprint density at radius 3 is 2.55 bits per heavy atom. The number of rotatable bonds is 8. The van der Waals surface area contributed by atoms with Gasteiger partial charge in [-0.1, -0.05) is 18.2 Å². The minimum Gasteiger partial charge on any atom is -0.493 e. The Balaban J connectivity index is 1.59. The van der Waals surface area contributed by atoms with Crippen LogP contribution in [-0.4, -0.2) is 49.7 Å². The molecule has 0 atom stereocenters. The maximum atomic E-state index is 12.6. The van der Waals surface area contributed by atoms with Crippen molar-refractivity contribution in [3.63, 3.8) is 0 Å². The molecular formula is C22H25NO6. The lowest BCUT2D eigenvalue weighted by molar-refractivity contribution is -0.134. The van der Waals surface area contributed by atoms with Crippen molar-refractivity contribution in [2.24, 2.45) is 0 Å². The summed E-state index contributed by atoms with van der Waals surface area (Å²) >= 11 is 0. The van der Waals surface area contributed by atoms with E-state index < -0.39 is 5.97 Å². The summed E-state index contributed by atoms with van der Waals surface area (Å²) in [4.78, 5) is 26.6. The standard InChI is InChI=1S/C22H25NO6/c1-3-23(14-16-9-10-19-20(13-16)28-12-11-27-19)21(24)15-29-22(25)17-7-5-6-8-18(17)26-4-2/h5-10,13H,3-4,11-12,14-15H2,1-2H3. The Hall–Kier alpha value is -3.22. The first kappa shape index (κ1) is 20.5. The molecule has 29 heavy (non-hydrogen) atoms. The summed E-state index contributed by atoms with van der Waals surface area (Å²) in [5, 5.41) is 0. The molecule has 1 heterocycles. The highest BCUT2D eigenvalue weighted by atomic mass is 16.6. The van der Waals surface area contributed by atoms with Crippen LogP contribution in [0.4, 0.5) is 0 Å². The van der Waals surface area contributed by atoms with E-state index in [9.17, 15) is 9.59 Å². The molecule has 1 aliphatic rings. The number of nitrogens with zero attached hydrogens (tertiary/aromatic N) is 1. The lowest BCUT2D eigenvalue weighted by Gasteiger charge is -2.23. The van der Waals surface area contributed by atoms with Crippen LogP contribution in [0.5, 0.6) is 17.2 Å². The summed E-state index contributed by atoms with van der Waals surface area (Å²) in [7, 11) is 0. The number of amides is 1. The first-order valence-corrected chi connectivity index (χ1v) is 9.67. The van der Waals surface area contributed by atoms with E-state index in [1.165, 1.54) is 0 Å². The fourth-order valence-electron chi connectivity index (χ4n) is 3.00. The third kappa shape index (κ3) is 5.19. The van der Waals surface area contributed by atoms with Crippen LogP contribution >= 0.6 is 0 Å². The maximum Gasteiger partial charge on any atom is 0.342 e. The molecule has 2 aromatic rings. The number of hydrogen-bond donors (Lipinski definition) is 0. The molecule has 7 nitrogen and oxygen atoms in total. The zero-order chi connectivity index (χ0) is 20.6. The largest absolute Gasteiger partial charge is 0.493 e. The monoisotopic (exact) mass is 399 g/mol. The third-order valence-electron chi connectivity index (χ3n) is 4.45. The Bertz CT molecular complexity index is 866. The van der Waals surface area contributed by atoms with Crippen molar-refractivity contribution >= 4 is 11.9 Å². The number of likely N-dealkylation sites (N-methyl/N-ethyl adjacent to an activating group) is 1. The Labute approximate surface area is 170 Å². The van der Waals surface area contributed by atoms with Crippen molar-refractivity contribution in [3.8, 4) is 17.2 Å². The number of esters is 1. The van der Waals surface area contributed by atoms with E-state index in [2.05, 4.69) is 0 Å². The molecule has 0 unspecified atom stereocenters. The molecule has 1 aliphatic heterocycles. The van der Waals surface area contributed by atoms with Crippen molar-refractivity contribution in [2.45, 2.75) is 20.4 Å². The van der Waals surface area contributed by atoms with E-state index in [1.54, 1.807) is 29.2 Å². The molecule has 0 N–H and O–H groups in total. The van der Waals surface area contributed by atoms with Gasteiger partial charge in [0.2, 0.25) is 0 Å². The molecule has 3 rings (SSSR count). The molecule has 1 amide bonds. The van der Waals surface area contributed by atoms with Crippen molar-refractivity contribution < 1.29 is 28.5 Å². The molecule has 0 radical (unpaired) electrons. The summed E-state index contributed by atoms with van der Waals surface area (Å²) in [6, 6.07) is 12.4. The van der Waals surface area contributed by atoms with Crippen LogP contribution in [0.25, 0.3) is 0 Å². The number of carbonyl (C=O) groups excluding carboxylic acids is 2. The Morgan fingerprint density at radius 2 is 1.79 bits per heavy atom. The summed E-state index contributed by atoms with van der Waals surface area (Å²) in [6.45, 7) is 5.72. The van der Waals surface area contributed by atoms with Crippen LogP contribution in [-0.2, 0) is 16.1 Å². The number of ether oxygens (including phenoxy) is 4. The maximum absolute atomic E-state index is 12.6. The molecule has 0 saturated carbocycles. The van der Waals surface area contributed by atoms with Crippen LogP contribution in [0, 0.1) is 0 Å². The number of benzene rings is 2. The van der Waals surface area contributed by atoms with Crippen LogP contribution in [0.2, 0.25) is 0 Å². The normalized spacial score (nSPS) is 12.2. The molecule has 0 bridgehead atoms. The first-order valence-electron chi connectivity index (χ1n) is 9.67. The summed E-state index contributed by atoms with van der Waals surface area (Å²) < 4.78 is 21.8. The number of hydrogen-bond acceptors (Lipinski definition) is 6. The molecule has 0 spiro atoms. The highest BCUT2D eigenvalue weighted by Crippen LogP contribution is 2.31. The van der Waals surface area contributed by atoms with Crippen molar-refractivity contribution in [1.82, 2.24) is 4.90 Å². The Kier molecular flexibility index (Phi) is 6.94. The van der Waals surface area contributed by atoms with Crippen molar-refractivity contribution in [3.05, 3.63) is 53.6 Å². The first-order chi connectivity index (χ1) is 14.1. The number of para-hydroxylation sites is 1. The summed E-state index contributed by atoms with van der Waals surface area (Å²) in [6.07, 6.45) is 0. The summed E-state index contributed by atoms with van der Waals surface area (Å²) in [5.41, 5.74) is 1.22. The van der Waals surface area contributed by atoms with Crippen LogP contribution in [0.3, 0.4) is 0 Å². The van der Waals surface area contributed by atoms with Gasteiger partial charge in [-0.25, -0.2) is 4.79 Å². The molecule has 2 aromatic carbocycles. The van der Waals surface area contributed by atoms with E-state index in [4.69, 9.17) is 18.9 Å². The minimum atomic E-state index is -0.585.